The van der Waals surface area contributed by atoms with Gasteiger partial charge in [0.15, 0.2) is 0 Å². The summed E-state index contributed by atoms with van der Waals surface area (Å²) in [4.78, 5) is 59.4. The van der Waals surface area contributed by atoms with Crippen LogP contribution in [0.15, 0.2) is 36.4 Å². The standard InChI is InChI=1S/C26H35N3O11/c1-26(18-38-17-16-37-15-14-36-2,19-39-25(33)40-21-9-7-20(8-10-21)29(34)35)27-22(30)6-4-3-5-13-28-23(31)11-12-24(28)32/h7-12H,3-6,13-19H2,1-2H3,(H,27,30). The van der Waals surface area contributed by atoms with E-state index in [2.05, 4.69) is 5.32 Å². The van der Waals surface area contributed by atoms with Crippen molar-refractivity contribution < 1.29 is 47.8 Å². The summed E-state index contributed by atoms with van der Waals surface area (Å²) < 4.78 is 26.1. The highest BCUT2D eigenvalue weighted by Gasteiger charge is 2.29. The van der Waals surface area contributed by atoms with Crippen LogP contribution in [0.25, 0.3) is 0 Å². The van der Waals surface area contributed by atoms with Crippen molar-refractivity contribution in [3.05, 3.63) is 46.5 Å². The summed E-state index contributed by atoms with van der Waals surface area (Å²) in [6.45, 7) is 3.04. The number of nitro benzene ring substituents is 1. The number of methoxy groups -OCH3 is 1. The van der Waals surface area contributed by atoms with Crippen molar-refractivity contribution in [3.8, 4) is 5.75 Å². The first kappa shape index (κ1) is 32.3. The Kier molecular flexibility index (Phi) is 13.7. The van der Waals surface area contributed by atoms with Crippen molar-refractivity contribution in [1.82, 2.24) is 10.2 Å². The number of carbonyl (C=O) groups is 4. The van der Waals surface area contributed by atoms with E-state index >= 15 is 0 Å². The van der Waals surface area contributed by atoms with E-state index in [4.69, 9.17) is 23.7 Å². The number of hydrogen-bond acceptors (Lipinski definition) is 11. The SMILES string of the molecule is COCCOCCOCC(C)(COC(=O)Oc1ccc([N+](=O)[O-])cc1)NC(=O)CCCCCN1C(=O)C=CC1=O. The van der Waals surface area contributed by atoms with Gasteiger partial charge in [-0.25, -0.2) is 4.79 Å². The molecule has 220 valence electrons. The Morgan fingerprint density at radius 3 is 2.25 bits per heavy atom. The van der Waals surface area contributed by atoms with Crippen LogP contribution in [0.3, 0.4) is 0 Å². The van der Waals surface area contributed by atoms with Gasteiger partial charge in [0.25, 0.3) is 17.5 Å². The molecule has 40 heavy (non-hydrogen) atoms. The van der Waals surface area contributed by atoms with Gasteiger partial charge in [-0.05, 0) is 31.9 Å². The van der Waals surface area contributed by atoms with Gasteiger partial charge in [0.2, 0.25) is 5.91 Å². The first-order valence-electron chi connectivity index (χ1n) is 12.7. The summed E-state index contributed by atoms with van der Waals surface area (Å²) in [7, 11) is 1.56. The predicted molar refractivity (Wildman–Crippen MR) is 139 cm³/mol. The normalized spacial score (nSPS) is 14.2. The van der Waals surface area contributed by atoms with E-state index in [1.165, 1.54) is 36.4 Å². The Morgan fingerprint density at radius 2 is 1.60 bits per heavy atom. The fourth-order valence-electron chi connectivity index (χ4n) is 3.54. The average molecular weight is 566 g/mol. The Balaban J connectivity index is 1.81. The van der Waals surface area contributed by atoms with Crippen LogP contribution in [-0.4, -0.2) is 92.5 Å². The zero-order chi connectivity index (χ0) is 29.4. The molecule has 2 rings (SSSR count). The number of rotatable bonds is 19. The van der Waals surface area contributed by atoms with Gasteiger partial charge >= 0.3 is 6.16 Å². The zero-order valence-electron chi connectivity index (χ0n) is 22.6. The van der Waals surface area contributed by atoms with Crippen molar-refractivity contribution >= 4 is 29.6 Å². The van der Waals surface area contributed by atoms with E-state index in [0.29, 0.717) is 39.1 Å². The fourth-order valence-corrected chi connectivity index (χ4v) is 3.54. The quantitative estimate of drug-likeness (QED) is 0.0650. The second-order valence-corrected chi connectivity index (χ2v) is 9.13. The molecule has 0 bridgehead atoms. The van der Waals surface area contributed by atoms with Gasteiger partial charge < -0.3 is 29.0 Å². The largest absolute Gasteiger partial charge is 0.513 e. The summed E-state index contributed by atoms with van der Waals surface area (Å²) in [5.74, 6) is -0.923. The van der Waals surface area contributed by atoms with Crippen LogP contribution in [0, 0.1) is 10.1 Å². The molecule has 1 aliphatic rings. The average Bonchev–Trinajstić information content (AvgIpc) is 3.24. The number of carbonyl (C=O) groups excluding carboxylic acids is 4. The Hall–Kier alpha value is -3.88. The van der Waals surface area contributed by atoms with E-state index in [1.54, 1.807) is 14.0 Å². The Labute approximate surface area is 231 Å². The van der Waals surface area contributed by atoms with Crippen molar-refractivity contribution in [3.63, 3.8) is 0 Å². The van der Waals surface area contributed by atoms with Crippen LogP contribution >= 0.6 is 0 Å². The van der Waals surface area contributed by atoms with Crippen LogP contribution < -0.4 is 10.1 Å². The summed E-state index contributed by atoms with van der Waals surface area (Å²) in [6, 6.07) is 4.90. The number of imide groups is 1. The molecule has 1 aromatic carbocycles. The van der Waals surface area contributed by atoms with Gasteiger partial charge in [0, 0.05) is 44.4 Å². The van der Waals surface area contributed by atoms with Gasteiger partial charge in [0.1, 0.15) is 12.4 Å². The molecule has 0 radical (unpaired) electrons. The van der Waals surface area contributed by atoms with Gasteiger partial charge in [-0.2, -0.15) is 0 Å². The number of nitrogens with zero attached hydrogens (tertiary/aromatic N) is 2. The highest BCUT2D eigenvalue weighted by Crippen LogP contribution is 2.18. The van der Waals surface area contributed by atoms with Crippen LogP contribution in [0.5, 0.6) is 5.75 Å². The predicted octanol–water partition coefficient (Wildman–Crippen LogP) is 2.15. The van der Waals surface area contributed by atoms with Crippen molar-refractivity contribution in [2.45, 2.75) is 38.1 Å². The van der Waals surface area contributed by atoms with Gasteiger partial charge in [-0.3, -0.25) is 29.4 Å². The van der Waals surface area contributed by atoms with Gasteiger partial charge in [-0.15, -0.1) is 0 Å². The number of nitrogens with one attached hydrogen (secondary N) is 1. The maximum atomic E-state index is 12.7. The van der Waals surface area contributed by atoms with Crippen molar-refractivity contribution in [2.24, 2.45) is 0 Å². The van der Waals surface area contributed by atoms with Crippen LogP contribution in [0.2, 0.25) is 0 Å². The topological polar surface area (TPSA) is 173 Å². The molecule has 0 fully saturated rings. The van der Waals surface area contributed by atoms with Crippen molar-refractivity contribution in [1.29, 1.82) is 0 Å². The maximum Gasteiger partial charge on any atom is 0.513 e. The fraction of sp³-hybridized carbons (Fsp3) is 0.538. The molecule has 0 spiro atoms. The molecule has 1 unspecified atom stereocenters. The lowest BCUT2D eigenvalue weighted by Gasteiger charge is -2.30. The lowest BCUT2D eigenvalue weighted by Crippen LogP contribution is -2.53. The number of non-ortho nitro benzene ring substituents is 1. The highest BCUT2D eigenvalue weighted by molar-refractivity contribution is 6.12. The molecule has 0 saturated heterocycles. The summed E-state index contributed by atoms with van der Waals surface area (Å²) in [6.07, 6.45) is 3.27. The number of amides is 3. The zero-order valence-corrected chi connectivity index (χ0v) is 22.6. The minimum Gasteiger partial charge on any atom is -0.431 e. The second kappa shape index (κ2) is 16.9. The van der Waals surface area contributed by atoms with E-state index in [1.807, 2.05) is 0 Å². The molecular weight excluding hydrogens is 530 g/mol. The number of ether oxygens (including phenoxy) is 5. The lowest BCUT2D eigenvalue weighted by molar-refractivity contribution is -0.384. The molecule has 0 aliphatic carbocycles. The molecule has 3 amide bonds. The minimum absolute atomic E-state index is 0.00335. The van der Waals surface area contributed by atoms with Crippen molar-refractivity contribution in [2.75, 3.05) is 53.3 Å². The number of nitro groups is 1. The van der Waals surface area contributed by atoms with Crippen LogP contribution in [0.4, 0.5) is 10.5 Å². The third-order valence-electron chi connectivity index (χ3n) is 5.61. The lowest BCUT2D eigenvalue weighted by atomic mass is 10.0. The third kappa shape index (κ3) is 11.9. The molecule has 0 saturated carbocycles. The first-order chi connectivity index (χ1) is 19.1. The monoisotopic (exact) mass is 565 g/mol. The molecule has 1 aliphatic heterocycles. The molecular formula is C26H35N3O11. The smallest absolute Gasteiger partial charge is 0.431 e. The third-order valence-corrected chi connectivity index (χ3v) is 5.61. The molecule has 14 heteroatoms. The molecule has 1 aromatic rings. The Bertz CT molecular complexity index is 1030. The molecule has 1 atom stereocenters. The summed E-state index contributed by atoms with van der Waals surface area (Å²) in [5, 5.41) is 13.6. The molecule has 0 aromatic heterocycles. The summed E-state index contributed by atoms with van der Waals surface area (Å²) >= 11 is 0. The van der Waals surface area contributed by atoms with E-state index in [0.717, 1.165) is 4.90 Å². The minimum atomic E-state index is -1.10. The summed E-state index contributed by atoms with van der Waals surface area (Å²) in [5.41, 5.74) is -1.26. The number of hydrogen-bond donors (Lipinski definition) is 1. The molecule has 1 N–H and O–H groups in total. The second-order valence-electron chi connectivity index (χ2n) is 9.13. The van der Waals surface area contributed by atoms with E-state index in [-0.39, 0.29) is 61.9 Å². The molecule has 14 nitrogen and oxygen atoms in total. The van der Waals surface area contributed by atoms with Gasteiger partial charge in [-0.1, -0.05) is 6.42 Å². The first-order valence-corrected chi connectivity index (χ1v) is 12.7. The molecule has 1 heterocycles. The van der Waals surface area contributed by atoms with Gasteiger partial charge in [0.05, 0.1) is 43.5 Å². The maximum absolute atomic E-state index is 12.7. The highest BCUT2D eigenvalue weighted by atomic mass is 16.7. The van der Waals surface area contributed by atoms with E-state index in [9.17, 15) is 29.3 Å². The number of benzene rings is 1. The van der Waals surface area contributed by atoms with Crippen LogP contribution in [-0.2, 0) is 33.3 Å². The number of unbranched alkanes of at least 4 members (excludes halogenated alkanes) is 2. The van der Waals surface area contributed by atoms with E-state index < -0.39 is 16.6 Å². The Morgan fingerprint density at radius 1 is 0.950 bits per heavy atom. The van der Waals surface area contributed by atoms with Crippen LogP contribution in [0.1, 0.15) is 32.6 Å².